The van der Waals surface area contributed by atoms with Crippen molar-refractivity contribution in [2.45, 2.75) is 39.2 Å². The third kappa shape index (κ3) is 5.95. The molecule has 1 aliphatic rings. The number of halogens is 2. The van der Waals surface area contributed by atoms with Crippen LogP contribution in [0.15, 0.2) is 54.1 Å². The maximum absolute atomic E-state index is 13.6. The number of carbonyl (C=O) groups excluding carboxylic acids is 1. The highest BCUT2D eigenvalue weighted by Crippen LogP contribution is 2.42. The Morgan fingerprint density at radius 2 is 1.79 bits per heavy atom. The van der Waals surface area contributed by atoms with Crippen LogP contribution in [-0.2, 0) is 26.6 Å². The zero-order valence-corrected chi connectivity index (χ0v) is 20.3. The highest BCUT2D eigenvalue weighted by atomic mass is 19.3. The molecule has 0 amide bonds. The van der Waals surface area contributed by atoms with E-state index in [0.29, 0.717) is 30.1 Å². The fourth-order valence-corrected chi connectivity index (χ4v) is 4.17. The molecule has 0 N–H and O–H groups in total. The van der Waals surface area contributed by atoms with Crippen molar-refractivity contribution >= 4 is 5.97 Å². The van der Waals surface area contributed by atoms with E-state index in [0.717, 1.165) is 18.1 Å². The second kappa shape index (κ2) is 11.0. The standard InChI is InChI=1S/C27H32F2O5/c1-6-17(2)26(30)34-16-22-20(13-18-7-10-21(11-8-18)27(3,28)29)15-33-25(22)19-9-12-23(31-4)24(14-19)32-5/h6-12,14,20,22,25H,13,15-16H2,1-5H3/b17-6-/t20-,22-,25?/m0/s1. The van der Waals surface area contributed by atoms with Gasteiger partial charge in [0, 0.05) is 24.0 Å². The summed E-state index contributed by atoms with van der Waals surface area (Å²) in [5.41, 5.74) is 2.34. The third-order valence-corrected chi connectivity index (χ3v) is 6.34. The summed E-state index contributed by atoms with van der Waals surface area (Å²) in [6, 6.07) is 12.0. The summed E-state index contributed by atoms with van der Waals surface area (Å²) in [5, 5.41) is 0. The van der Waals surface area contributed by atoms with Gasteiger partial charge in [0.05, 0.1) is 33.5 Å². The van der Waals surface area contributed by atoms with Crippen LogP contribution in [0.1, 0.15) is 43.6 Å². The van der Waals surface area contributed by atoms with Crippen LogP contribution in [0.25, 0.3) is 0 Å². The van der Waals surface area contributed by atoms with Gasteiger partial charge in [0.15, 0.2) is 11.5 Å². The monoisotopic (exact) mass is 474 g/mol. The van der Waals surface area contributed by atoms with Gasteiger partial charge in [0.2, 0.25) is 0 Å². The van der Waals surface area contributed by atoms with E-state index in [1.165, 1.54) is 12.1 Å². The molecule has 2 aromatic rings. The minimum atomic E-state index is -2.88. The molecule has 0 aromatic heterocycles. The summed E-state index contributed by atoms with van der Waals surface area (Å²) >= 11 is 0. The normalized spacial score (nSPS) is 20.8. The fourth-order valence-electron chi connectivity index (χ4n) is 4.17. The lowest BCUT2D eigenvalue weighted by molar-refractivity contribution is -0.141. The number of hydrogen-bond acceptors (Lipinski definition) is 5. The largest absolute Gasteiger partial charge is 0.493 e. The van der Waals surface area contributed by atoms with Crippen molar-refractivity contribution in [2.75, 3.05) is 27.4 Å². The number of allylic oxidation sites excluding steroid dienone is 1. The van der Waals surface area contributed by atoms with Crippen molar-refractivity contribution < 1.29 is 32.5 Å². The minimum absolute atomic E-state index is 0.0190. The highest BCUT2D eigenvalue weighted by Gasteiger charge is 2.39. The molecule has 3 rings (SSSR count). The van der Waals surface area contributed by atoms with Crippen molar-refractivity contribution in [3.63, 3.8) is 0 Å². The van der Waals surface area contributed by atoms with Crippen LogP contribution in [-0.4, -0.2) is 33.4 Å². The molecule has 1 fully saturated rings. The lowest BCUT2D eigenvalue weighted by atomic mass is 9.84. The molecule has 7 heteroatoms. The SMILES string of the molecule is C/C=C(/C)C(=O)OC[C@@H]1C(c2ccc(OC)c(OC)c2)OC[C@@H]1Cc1ccc(C(C)(F)F)cc1. The molecule has 0 saturated carbocycles. The Morgan fingerprint density at radius 1 is 1.12 bits per heavy atom. The van der Waals surface area contributed by atoms with E-state index >= 15 is 0 Å². The molecule has 1 unspecified atom stereocenters. The smallest absolute Gasteiger partial charge is 0.333 e. The van der Waals surface area contributed by atoms with E-state index in [9.17, 15) is 13.6 Å². The van der Waals surface area contributed by atoms with E-state index in [4.69, 9.17) is 18.9 Å². The number of ether oxygens (including phenoxy) is 4. The second-order valence-corrected chi connectivity index (χ2v) is 8.65. The van der Waals surface area contributed by atoms with E-state index < -0.39 is 5.92 Å². The molecule has 0 aliphatic carbocycles. The lowest BCUT2D eigenvalue weighted by Crippen LogP contribution is -2.24. The van der Waals surface area contributed by atoms with E-state index in [-0.39, 0.29) is 36.1 Å². The first-order chi connectivity index (χ1) is 16.2. The zero-order chi connectivity index (χ0) is 24.9. The van der Waals surface area contributed by atoms with Gasteiger partial charge in [-0.25, -0.2) is 13.6 Å². The van der Waals surface area contributed by atoms with Crippen molar-refractivity contribution in [1.82, 2.24) is 0 Å². The minimum Gasteiger partial charge on any atom is -0.493 e. The molecule has 184 valence electrons. The quantitative estimate of drug-likeness (QED) is 0.336. The Bertz CT molecular complexity index is 1010. The average Bonchev–Trinajstić information content (AvgIpc) is 3.23. The second-order valence-electron chi connectivity index (χ2n) is 8.65. The zero-order valence-electron chi connectivity index (χ0n) is 20.3. The number of esters is 1. The van der Waals surface area contributed by atoms with Crippen LogP contribution >= 0.6 is 0 Å². The number of alkyl halides is 2. The summed E-state index contributed by atoms with van der Waals surface area (Å²) in [4.78, 5) is 12.3. The van der Waals surface area contributed by atoms with Gasteiger partial charge >= 0.3 is 5.97 Å². The first-order valence-corrected chi connectivity index (χ1v) is 11.3. The molecule has 1 aliphatic heterocycles. The summed E-state index contributed by atoms with van der Waals surface area (Å²) in [6.45, 7) is 5.02. The Balaban J connectivity index is 1.84. The number of carbonyl (C=O) groups is 1. The molecule has 34 heavy (non-hydrogen) atoms. The molecule has 5 nitrogen and oxygen atoms in total. The van der Waals surface area contributed by atoms with E-state index in [1.807, 2.05) is 18.2 Å². The first kappa shape index (κ1) is 25.7. The topological polar surface area (TPSA) is 54.0 Å². The van der Waals surface area contributed by atoms with Gasteiger partial charge in [-0.3, -0.25) is 0 Å². The molecule has 1 heterocycles. The van der Waals surface area contributed by atoms with Crippen molar-refractivity contribution in [3.05, 3.63) is 70.8 Å². The Labute approximate surface area is 199 Å². The molecule has 2 aromatic carbocycles. The van der Waals surface area contributed by atoms with Crippen molar-refractivity contribution in [1.29, 1.82) is 0 Å². The van der Waals surface area contributed by atoms with Crippen LogP contribution in [0.5, 0.6) is 11.5 Å². The molecular weight excluding hydrogens is 442 g/mol. The summed E-state index contributed by atoms with van der Waals surface area (Å²) < 4.78 is 49.8. The molecule has 0 spiro atoms. The third-order valence-electron chi connectivity index (χ3n) is 6.34. The maximum Gasteiger partial charge on any atom is 0.333 e. The molecule has 3 atom stereocenters. The van der Waals surface area contributed by atoms with Crippen LogP contribution in [0, 0.1) is 11.8 Å². The molecule has 0 bridgehead atoms. The van der Waals surface area contributed by atoms with Gasteiger partial charge < -0.3 is 18.9 Å². The van der Waals surface area contributed by atoms with Gasteiger partial charge in [-0.1, -0.05) is 36.4 Å². The molecule has 1 saturated heterocycles. The summed E-state index contributed by atoms with van der Waals surface area (Å²) in [6.07, 6.45) is 2.01. The molecular formula is C27H32F2O5. The Morgan fingerprint density at radius 3 is 2.38 bits per heavy atom. The van der Waals surface area contributed by atoms with Crippen LogP contribution in [0.4, 0.5) is 8.78 Å². The van der Waals surface area contributed by atoms with Crippen LogP contribution in [0.3, 0.4) is 0 Å². The Kier molecular flexibility index (Phi) is 8.31. The van der Waals surface area contributed by atoms with E-state index in [1.54, 1.807) is 46.3 Å². The van der Waals surface area contributed by atoms with Crippen molar-refractivity contribution in [3.8, 4) is 11.5 Å². The van der Waals surface area contributed by atoms with E-state index in [2.05, 4.69) is 0 Å². The highest BCUT2D eigenvalue weighted by molar-refractivity contribution is 5.87. The maximum atomic E-state index is 13.6. The average molecular weight is 475 g/mol. The van der Waals surface area contributed by atoms with Crippen LogP contribution < -0.4 is 9.47 Å². The van der Waals surface area contributed by atoms with Gasteiger partial charge in [-0.15, -0.1) is 0 Å². The fraction of sp³-hybridized carbons (Fsp3) is 0.444. The molecule has 0 radical (unpaired) electrons. The first-order valence-electron chi connectivity index (χ1n) is 11.3. The van der Waals surface area contributed by atoms with Gasteiger partial charge in [0.25, 0.3) is 5.92 Å². The van der Waals surface area contributed by atoms with Gasteiger partial charge in [-0.2, -0.15) is 0 Å². The lowest BCUT2D eigenvalue weighted by Gasteiger charge is -2.24. The Hall–Kier alpha value is -2.93. The van der Waals surface area contributed by atoms with Gasteiger partial charge in [-0.05, 0) is 49.4 Å². The number of hydrogen-bond donors (Lipinski definition) is 0. The summed E-state index contributed by atoms with van der Waals surface area (Å²) in [5.74, 6) is -2.14. The van der Waals surface area contributed by atoms with Crippen LogP contribution in [0.2, 0.25) is 0 Å². The van der Waals surface area contributed by atoms with Crippen molar-refractivity contribution in [2.24, 2.45) is 11.8 Å². The number of benzene rings is 2. The number of methoxy groups -OCH3 is 2. The number of rotatable bonds is 9. The van der Waals surface area contributed by atoms with Gasteiger partial charge in [0.1, 0.15) is 0 Å². The predicted octanol–water partition coefficient (Wildman–Crippen LogP) is 5.87. The predicted molar refractivity (Wildman–Crippen MR) is 125 cm³/mol. The summed E-state index contributed by atoms with van der Waals surface area (Å²) in [7, 11) is 3.15.